The minimum absolute atomic E-state index is 0.230. The third-order valence-corrected chi connectivity index (χ3v) is 3.63. The SMILES string of the molecule is CCc1nc(-c2ccc(C(=O)Nc3ccccc3Cl)cc2)no1. The Bertz CT molecular complexity index is 828. The molecule has 1 heterocycles. The zero-order valence-electron chi connectivity index (χ0n) is 12.4. The summed E-state index contributed by atoms with van der Waals surface area (Å²) in [5.74, 6) is 0.868. The number of benzene rings is 2. The first-order chi connectivity index (χ1) is 11.2. The fourth-order valence-electron chi connectivity index (χ4n) is 2.04. The van der Waals surface area contributed by atoms with Crippen molar-refractivity contribution in [1.82, 2.24) is 10.1 Å². The van der Waals surface area contributed by atoms with E-state index < -0.39 is 0 Å². The van der Waals surface area contributed by atoms with E-state index >= 15 is 0 Å². The number of aromatic nitrogens is 2. The Kier molecular flexibility index (Phi) is 4.39. The van der Waals surface area contributed by atoms with Crippen LogP contribution in [0.1, 0.15) is 23.2 Å². The van der Waals surface area contributed by atoms with Gasteiger partial charge in [0.1, 0.15) is 0 Å². The van der Waals surface area contributed by atoms with Crippen molar-refractivity contribution in [3.05, 3.63) is 65.0 Å². The molecule has 1 N–H and O–H groups in total. The van der Waals surface area contributed by atoms with Gasteiger partial charge in [0.05, 0.1) is 10.7 Å². The average Bonchev–Trinajstić information content (AvgIpc) is 3.06. The van der Waals surface area contributed by atoms with Gasteiger partial charge in [0.25, 0.3) is 5.91 Å². The molecule has 1 amide bonds. The van der Waals surface area contributed by atoms with Crippen LogP contribution in [0.5, 0.6) is 0 Å². The molecule has 6 heteroatoms. The summed E-state index contributed by atoms with van der Waals surface area (Å²) >= 11 is 6.04. The summed E-state index contributed by atoms with van der Waals surface area (Å²) < 4.78 is 5.08. The van der Waals surface area contributed by atoms with Crippen LogP contribution in [0.15, 0.2) is 53.1 Å². The average molecular weight is 328 g/mol. The Labute approximate surface area is 138 Å². The van der Waals surface area contributed by atoms with Gasteiger partial charge < -0.3 is 9.84 Å². The first-order valence-corrected chi connectivity index (χ1v) is 7.54. The van der Waals surface area contributed by atoms with Gasteiger partial charge in [-0.1, -0.05) is 47.9 Å². The Morgan fingerprint density at radius 1 is 1.17 bits per heavy atom. The zero-order chi connectivity index (χ0) is 16.2. The highest BCUT2D eigenvalue weighted by Gasteiger charge is 2.11. The second-order valence-corrected chi connectivity index (χ2v) is 5.28. The lowest BCUT2D eigenvalue weighted by Gasteiger charge is -2.07. The second kappa shape index (κ2) is 6.62. The van der Waals surface area contributed by atoms with Crippen LogP contribution >= 0.6 is 11.6 Å². The monoisotopic (exact) mass is 327 g/mol. The number of halogens is 1. The number of aryl methyl sites for hydroxylation is 1. The standard InChI is InChI=1S/C17H14ClN3O2/c1-2-15-20-16(21-23-15)11-7-9-12(10-8-11)17(22)19-14-6-4-3-5-13(14)18/h3-10H,2H2,1H3,(H,19,22). The number of anilines is 1. The molecule has 23 heavy (non-hydrogen) atoms. The van der Waals surface area contributed by atoms with E-state index in [2.05, 4.69) is 15.5 Å². The minimum atomic E-state index is -0.230. The Hall–Kier alpha value is -2.66. The molecule has 116 valence electrons. The topological polar surface area (TPSA) is 68.0 Å². The summed E-state index contributed by atoms with van der Waals surface area (Å²) in [6.07, 6.45) is 0.686. The lowest BCUT2D eigenvalue weighted by molar-refractivity contribution is 0.102. The number of nitrogens with zero attached hydrogens (tertiary/aromatic N) is 2. The zero-order valence-corrected chi connectivity index (χ0v) is 13.2. The fraction of sp³-hybridized carbons (Fsp3) is 0.118. The predicted octanol–water partition coefficient (Wildman–Crippen LogP) is 4.20. The van der Waals surface area contributed by atoms with Crippen molar-refractivity contribution in [2.24, 2.45) is 0 Å². The second-order valence-electron chi connectivity index (χ2n) is 4.88. The van der Waals surface area contributed by atoms with Gasteiger partial charge in [0, 0.05) is 17.5 Å². The molecule has 0 unspecified atom stereocenters. The van der Waals surface area contributed by atoms with Crippen LogP contribution in [-0.4, -0.2) is 16.0 Å². The lowest BCUT2D eigenvalue weighted by atomic mass is 10.1. The Morgan fingerprint density at radius 3 is 2.57 bits per heavy atom. The molecule has 0 fully saturated rings. The minimum Gasteiger partial charge on any atom is -0.339 e. The van der Waals surface area contributed by atoms with Crippen molar-refractivity contribution in [2.45, 2.75) is 13.3 Å². The molecule has 0 spiro atoms. The van der Waals surface area contributed by atoms with Crippen molar-refractivity contribution in [3.8, 4) is 11.4 Å². The van der Waals surface area contributed by atoms with E-state index in [1.165, 1.54) is 0 Å². The third-order valence-electron chi connectivity index (χ3n) is 3.30. The van der Waals surface area contributed by atoms with E-state index in [1.54, 1.807) is 36.4 Å². The molecular formula is C17H14ClN3O2. The van der Waals surface area contributed by atoms with Crippen LogP contribution < -0.4 is 5.32 Å². The maximum atomic E-state index is 12.2. The smallest absolute Gasteiger partial charge is 0.255 e. The van der Waals surface area contributed by atoms with Gasteiger partial charge in [-0.3, -0.25) is 4.79 Å². The van der Waals surface area contributed by atoms with Crippen LogP contribution in [0, 0.1) is 0 Å². The van der Waals surface area contributed by atoms with E-state index in [0.717, 1.165) is 5.56 Å². The summed E-state index contributed by atoms with van der Waals surface area (Å²) in [6, 6.07) is 14.1. The number of nitrogens with one attached hydrogen (secondary N) is 1. The molecule has 0 saturated heterocycles. The van der Waals surface area contributed by atoms with Gasteiger partial charge in [-0.05, 0) is 24.3 Å². The molecule has 0 aliphatic heterocycles. The van der Waals surface area contributed by atoms with Crippen molar-refractivity contribution < 1.29 is 9.32 Å². The molecule has 2 aromatic carbocycles. The van der Waals surface area contributed by atoms with Crippen LogP contribution in [0.4, 0.5) is 5.69 Å². The van der Waals surface area contributed by atoms with Crippen LogP contribution in [0.25, 0.3) is 11.4 Å². The molecule has 0 saturated carbocycles. The van der Waals surface area contributed by atoms with E-state index in [0.29, 0.717) is 34.4 Å². The molecule has 3 rings (SSSR count). The van der Waals surface area contributed by atoms with Crippen LogP contribution in [0.2, 0.25) is 5.02 Å². The van der Waals surface area contributed by atoms with Gasteiger partial charge in [-0.15, -0.1) is 0 Å². The first kappa shape index (κ1) is 15.2. The normalized spacial score (nSPS) is 10.5. The number of para-hydroxylation sites is 1. The maximum Gasteiger partial charge on any atom is 0.255 e. The number of carbonyl (C=O) groups is 1. The fourth-order valence-corrected chi connectivity index (χ4v) is 2.23. The molecule has 0 bridgehead atoms. The van der Waals surface area contributed by atoms with Gasteiger partial charge in [0.15, 0.2) is 0 Å². The summed E-state index contributed by atoms with van der Waals surface area (Å²) in [4.78, 5) is 16.5. The van der Waals surface area contributed by atoms with Crippen LogP contribution in [-0.2, 0) is 6.42 Å². The number of amides is 1. The van der Waals surface area contributed by atoms with Gasteiger partial charge in [-0.2, -0.15) is 4.98 Å². The third kappa shape index (κ3) is 3.40. The van der Waals surface area contributed by atoms with Crippen molar-refractivity contribution in [2.75, 3.05) is 5.32 Å². The van der Waals surface area contributed by atoms with Crippen molar-refractivity contribution in [1.29, 1.82) is 0 Å². The highest BCUT2D eigenvalue weighted by molar-refractivity contribution is 6.33. The Balaban J connectivity index is 1.76. The highest BCUT2D eigenvalue weighted by atomic mass is 35.5. The van der Waals surface area contributed by atoms with E-state index in [4.69, 9.17) is 16.1 Å². The molecule has 0 radical (unpaired) electrons. The number of hydrogen-bond donors (Lipinski definition) is 1. The van der Waals surface area contributed by atoms with Gasteiger partial charge in [-0.25, -0.2) is 0 Å². The van der Waals surface area contributed by atoms with Crippen molar-refractivity contribution in [3.63, 3.8) is 0 Å². The van der Waals surface area contributed by atoms with E-state index in [-0.39, 0.29) is 5.91 Å². The lowest BCUT2D eigenvalue weighted by Crippen LogP contribution is -2.11. The maximum absolute atomic E-state index is 12.2. The number of rotatable bonds is 4. The van der Waals surface area contributed by atoms with E-state index in [9.17, 15) is 4.79 Å². The summed E-state index contributed by atoms with van der Waals surface area (Å²) in [7, 11) is 0. The molecule has 0 aliphatic carbocycles. The van der Waals surface area contributed by atoms with Gasteiger partial charge in [0.2, 0.25) is 11.7 Å². The van der Waals surface area contributed by atoms with E-state index in [1.807, 2.05) is 19.1 Å². The number of carbonyl (C=O) groups excluding carboxylic acids is 1. The largest absolute Gasteiger partial charge is 0.339 e. The highest BCUT2D eigenvalue weighted by Crippen LogP contribution is 2.22. The van der Waals surface area contributed by atoms with Gasteiger partial charge >= 0.3 is 0 Å². The summed E-state index contributed by atoms with van der Waals surface area (Å²) in [5, 5.41) is 7.18. The molecule has 3 aromatic rings. The molecule has 0 atom stereocenters. The molecule has 0 aliphatic rings. The quantitative estimate of drug-likeness (QED) is 0.779. The van der Waals surface area contributed by atoms with Crippen LogP contribution in [0.3, 0.4) is 0 Å². The first-order valence-electron chi connectivity index (χ1n) is 7.16. The predicted molar refractivity (Wildman–Crippen MR) is 88.5 cm³/mol. The number of hydrogen-bond acceptors (Lipinski definition) is 4. The molecule has 1 aromatic heterocycles. The van der Waals surface area contributed by atoms with Crippen molar-refractivity contribution >= 4 is 23.2 Å². The summed E-state index contributed by atoms with van der Waals surface area (Å²) in [6.45, 7) is 1.94. The summed E-state index contributed by atoms with van der Waals surface area (Å²) in [5.41, 5.74) is 1.89. The molecular weight excluding hydrogens is 314 g/mol. The Morgan fingerprint density at radius 2 is 1.91 bits per heavy atom. The molecule has 5 nitrogen and oxygen atoms in total.